The second-order valence-corrected chi connectivity index (χ2v) is 6.03. The third kappa shape index (κ3) is 3.03. The summed E-state index contributed by atoms with van der Waals surface area (Å²) in [5, 5.41) is 6.48. The highest BCUT2D eigenvalue weighted by atomic mass is 35.5. The Morgan fingerprint density at radius 3 is 2.79 bits per heavy atom. The van der Waals surface area contributed by atoms with E-state index in [0.29, 0.717) is 0 Å². The van der Waals surface area contributed by atoms with Crippen molar-refractivity contribution < 1.29 is 8.42 Å². The fraction of sp³-hybridized carbons (Fsp3) is 0.200. The van der Waals surface area contributed by atoms with Crippen molar-refractivity contribution in [1.82, 2.24) is 19.9 Å². The quantitative estimate of drug-likeness (QED) is 0.782. The molecule has 2 rings (SSSR count). The Morgan fingerprint density at radius 2 is 2.21 bits per heavy atom. The van der Waals surface area contributed by atoms with E-state index in [-0.39, 0.29) is 15.7 Å². The standard InChI is InChI=1S/C10H12ClN5O2S/c1-6(7-3-14-15-4-7)16-19(17,18)8-2-9(11)10(12)13-5-8/h2-6,16H,1H3,(H2,12,13)(H,14,15). The number of halogens is 1. The van der Waals surface area contributed by atoms with E-state index in [1.165, 1.54) is 6.07 Å². The number of rotatable bonds is 4. The van der Waals surface area contributed by atoms with Gasteiger partial charge in [-0.05, 0) is 13.0 Å². The lowest BCUT2D eigenvalue weighted by molar-refractivity contribution is 0.566. The van der Waals surface area contributed by atoms with Crippen molar-refractivity contribution in [3.63, 3.8) is 0 Å². The predicted molar refractivity (Wildman–Crippen MR) is 71.0 cm³/mol. The van der Waals surface area contributed by atoms with E-state index in [2.05, 4.69) is 19.9 Å². The molecular formula is C10H12ClN5O2S. The summed E-state index contributed by atoms with van der Waals surface area (Å²) in [5.74, 6) is 0.0866. The minimum absolute atomic E-state index is 0.0398. The molecule has 0 spiro atoms. The molecule has 1 unspecified atom stereocenters. The van der Waals surface area contributed by atoms with Crippen LogP contribution in [0, 0.1) is 0 Å². The molecule has 1 atom stereocenters. The van der Waals surface area contributed by atoms with Gasteiger partial charge in [0.1, 0.15) is 10.7 Å². The predicted octanol–water partition coefficient (Wildman–Crippen LogP) is 1.08. The van der Waals surface area contributed by atoms with Gasteiger partial charge in [-0.1, -0.05) is 11.6 Å². The van der Waals surface area contributed by atoms with Gasteiger partial charge < -0.3 is 5.73 Å². The van der Waals surface area contributed by atoms with Crippen LogP contribution < -0.4 is 10.5 Å². The second kappa shape index (κ2) is 5.16. The Balaban J connectivity index is 2.25. The number of hydrogen-bond donors (Lipinski definition) is 3. The van der Waals surface area contributed by atoms with Gasteiger partial charge in [0.15, 0.2) is 0 Å². The van der Waals surface area contributed by atoms with Gasteiger partial charge in [-0.15, -0.1) is 0 Å². The molecule has 7 nitrogen and oxygen atoms in total. The number of H-pyrrole nitrogens is 1. The Morgan fingerprint density at radius 1 is 1.47 bits per heavy atom. The number of nitrogen functional groups attached to an aromatic ring is 1. The maximum Gasteiger partial charge on any atom is 0.242 e. The average Bonchev–Trinajstić information content (AvgIpc) is 2.85. The number of pyridine rings is 1. The van der Waals surface area contributed by atoms with Gasteiger partial charge in [0.2, 0.25) is 10.0 Å². The molecule has 0 aliphatic heterocycles. The molecule has 2 heterocycles. The summed E-state index contributed by atoms with van der Waals surface area (Å²) in [6, 6.07) is 0.828. The molecule has 4 N–H and O–H groups in total. The largest absolute Gasteiger partial charge is 0.382 e. The number of nitrogens with two attached hydrogens (primary N) is 1. The number of hydrogen-bond acceptors (Lipinski definition) is 5. The third-order valence-electron chi connectivity index (χ3n) is 2.51. The van der Waals surface area contributed by atoms with Crippen LogP contribution >= 0.6 is 11.6 Å². The molecule has 0 bridgehead atoms. The summed E-state index contributed by atoms with van der Waals surface area (Å²) in [6.45, 7) is 1.70. The Kier molecular flexibility index (Phi) is 3.74. The van der Waals surface area contributed by atoms with E-state index < -0.39 is 16.1 Å². The normalized spacial score (nSPS) is 13.4. The topological polar surface area (TPSA) is 114 Å². The van der Waals surface area contributed by atoms with Crippen molar-refractivity contribution in [1.29, 1.82) is 0 Å². The SMILES string of the molecule is CC(NS(=O)(=O)c1cnc(N)c(Cl)c1)c1cn[nH]c1. The van der Waals surface area contributed by atoms with Crippen LogP contribution in [0.5, 0.6) is 0 Å². The maximum absolute atomic E-state index is 12.1. The van der Waals surface area contributed by atoms with Crippen LogP contribution in [0.2, 0.25) is 5.02 Å². The Bertz CT molecular complexity index is 671. The van der Waals surface area contributed by atoms with Crippen LogP contribution in [-0.4, -0.2) is 23.6 Å². The average molecular weight is 302 g/mol. The van der Waals surface area contributed by atoms with E-state index in [9.17, 15) is 8.42 Å². The lowest BCUT2D eigenvalue weighted by atomic mass is 10.2. The summed E-state index contributed by atoms with van der Waals surface area (Å²) in [5.41, 5.74) is 6.16. The summed E-state index contributed by atoms with van der Waals surface area (Å²) in [6.07, 6.45) is 4.31. The van der Waals surface area contributed by atoms with E-state index in [0.717, 1.165) is 11.8 Å². The molecular weight excluding hydrogens is 290 g/mol. The first-order chi connectivity index (χ1) is 8.90. The summed E-state index contributed by atoms with van der Waals surface area (Å²) in [4.78, 5) is 3.68. The number of aromatic nitrogens is 3. The zero-order valence-corrected chi connectivity index (χ0v) is 11.5. The molecule has 102 valence electrons. The first-order valence-electron chi connectivity index (χ1n) is 5.32. The summed E-state index contributed by atoms with van der Waals surface area (Å²) < 4.78 is 26.7. The highest BCUT2D eigenvalue weighted by Gasteiger charge is 2.20. The van der Waals surface area contributed by atoms with Gasteiger partial charge in [0, 0.05) is 24.0 Å². The first kappa shape index (κ1) is 13.8. The lowest BCUT2D eigenvalue weighted by Gasteiger charge is -2.12. The maximum atomic E-state index is 12.1. The fourth-order valence-corrected chi connectivity index (χ4v) is 2.88. The van der Waals surface area contributed by atoms with Crippen LogP contribution in [0.3, 0.4) is 0 Å². The minimum atomic E-state index is -3.72. The van der Waals surface area contributed by atoms with E-state index >= 15 is 0 Å². The van der Waals surface area contributed by atoms with Crippen LogP contribution in [0.15, 0.2) is 29.6 Å². The zero-order valence-electron chi connectivity index (χ0n) is 9.96. The molecule has 9 heteroatoms. The number of nitrogens with zero attached hydrogens (tertiary/aromatic N) is 2. The molecule has 2 aromatic rings. The Labute approximate surface area is 115 Å². The first-order valence-corrected chi connectivity index (χ1v) is 7.18. The summed E-state index contributed by atoms with van der Waals surface area (Å²) >= 11 is 5.76. The summed E-state index contributed by atoms with van der Waals surface area (Å²) in [7, 11) is -3.72. The monoisotopic (exact) mass is 301 g/mol. The fourth-order valence-electron chi connectivity index (χ4n) is 1.44. The molecule has 0 radical (unpaired) electrons. The van der Waals surface area contributed by atoms with Gasteiger partial charge >= 0.3 is 0 Å². The van der Waals surface area contributed by atoms with Gasteiger partial charge in [-0.2, -0.15) is 5.10 Å². The molecule has 0 aromatic carbocycles. The van der Waals surface area contributed by atoms with E-state index in [1.54, 1.807) is 19.3 Å². The number of anilines is 1. The number of nitrogens with one attached hydrogen (secondary N) is 2. The lowest BCUT2D eigenvalue weighted by Crippen LogP contribution is -2.26. The molecule has 0 amide bonds. The number of aromatic amines is 1. The molecule has 19 heavy (non-hydrogen) atoms. The van der Waals surface area contributed by atoms with Crippen molar-refractivity contribution >= 4 is 27.4 Å². The van der Waals surface area contributed by atoms with Crippen LogP contribution in [-0.2, 0) is 10.0 Å². The van der Waals surface area contributed by atoms with Gasteiger partial charge in [-0.25, -0.2) is 18.1 Å². The van der Waals surface area contributed by atoms with Crippen molar-refractivity contribution in [3.8, 4) is 0 Å². The van der Waals surface area contributed by atoms with Gasteiger partial charge in [0.25, 0.3) is 0 Å². The molecule has 0 aliphatic rings. The highest BCUT2D eigenvalue weighted by Crippen LogP contribution is 2.21. The van der Waals surface area contributed by atoms with E-state index in [4.69, 9.17) is 17.3 Å². The van der Waals surface area contributed by atoms with Crippen molar-refractivity contribution in [3.05, 3.63) is 35.2 Å². The van der Waals surface area contributed by atoms with Gasteiger partial charge in [-0.3, -0.25) is 5.10 Å². The van der Waals surface area contributed by atoms with E-state index in [1.807, 2.05) is 0 Å². The highest BCUT2D eigenvalue weighted by molar-refractivity contribution is 7.89. The second-order valence-electron chi connectivity index (χ2n) is 3.91. The van der Waals surface area contributed by atoms with Crippen LogP contribution in [0.1, 0.15) is 18.5 Å². The van der Waals surface area contributed by atoms with Gasteiger partial charge in [0.05, 0.1) is 11.2 Å². The molecule has 2 aromatic heterocycles. The third-order valence-corrected chi connectivity index (χ3v) is 4.32. The van der Waals surface area contributed by atoms with Crippen molar-refractivity contribution in [2.75, 3.05) is 5.73 Å². The molecule has 0 saturated heterocycles. The minimum Gasteiger partial charge on any atom is -0.382 e. The van der Waals surface area contributed by atoms with Crippen LogP contribution in [0.4, 0.5) is 5.82 Å². The van der Waals surface area contributed by atoms with Crippen molar-refractivity contribution in [2.45, 2.75) is 17.9 Å². The smallest absolute Gasteiger partial charge is 0.242 e. The van der Waals surface area contributed by atoms with Crippen molar-refractivity contribution in [2.24, 2.45) is 0 Å². The molecule has 0 saturated carbocycles. The number of sulfonamides is 1. The molecule has 0 fully saturated rings. The zero-order chi connectivity index (χ0) is 14.0. The molecule has 0 aliphatic carbocycles. The van der Waals surface area contributed by atoms with Crippen LogP contribution in [0.25, 0.3) is 0 Å². The Hall–Kier alpha value is -1.64.